The number of hydrogen-bond acceptors (Lipinski definition) is 10. The van der Waals surface area contributed by atoms with E-state index in [-0.39, 0.29) is 41.5 Å². The first-order valence-corrected chi connectivity index (χ1v) is 8.68. The van der Waals surface area contributed by atoms with E-state index in [2.05, 4.69) is 19.7 Å². The van der Waals surface area contributed by atoms with Crippen molar-refractivity contribution < 1.29 is 17.9 Å². The Morgan fingerprint density at radius 3 is 2.57 bits per heavy atom. The molecule has 0 atom stereocenters. The van der Waals surface area contributed by atoms with Crippen LogP contribution in [-0.2, 0) is 26.2 Å². The molecule has 5 N–H and O–H groups in total. The molecule has 0 saturated heterocycles. The molecule has 0 bridgehead atoms. The van der Waals surface area contributed by atoms with Crippen LogP contribution in [-0.4, -0.2) is 35.9 Å². The van der Waals surface area contributed by atoms with E-state index in [4.69, 9.17) is 16.2 Å². The monoisotopic (exact) mass is 358 g/mol. The summed E-state index contributed by atoms with van der Waals surface area (Å²) in [6.07, 6.45) is -0.138. The summed E-state index contributed by atoms with van der Waals surface area (Å²) in [6.45, 7) is -0.312. The molecule has 0 amide bonds. The zero-order chi connectivity index (χ0) is 16.9. The second-order valence-electron chi connectivity index (χ2n) is 4.21. The maximum atomic E-state index is 11.8. The van der Waals surface area contributed by atoms with E-state index in [1.165, 1.54) is 6.07 Å². The van der Waals surface area contributed by atoms with Gasteiger partial charge in [-0.2, -0.15) is 15.0 Å². The van der Waals surface area contributed by atoms with Crippen LogP contribution in [0.25, 0.3) is 0 Å². The van der Waals surface area contributed by atoms with Crippen molar-refractivity contribution in [2.24, 2.45) is 0 Å². The number of ether oxygens (including phenoxy) is 1. The lowest BCUT2D eigenvalue weighted by Gasteiger charge is -2.06. The van der Waals surface area contributed by atoms with E-state index < -0.39 is 16.0 Å². The number of carbonyl (C=O) groups is 1. The normalized spacial score (nSPS) is 11.3. The first kappa shape index (κ1) is 17.1. The number of thiophene rings is 1. The molecule has 2 aromatic rings. The van der Waals surface area contributed by atoms with Crippen LogP contribution in [0.1, 0.15) is 12.2 Å². The molecule has 0 saturated carbocycles. The summed E-state index contributed by atoms with van der Waals surface area (Å²) >= 11 is 1.09. The third-order valence-electron chi connectivity index (χ3n) is 2.46. The zero-order valence-electron chi connectivity index (χ0n) is 11.8. The van der Waals surface area contributed by atoms with E-state index in [1.54, 1.807) is 11.4 Å². The summed E-state index contributed by atoms with van der Waals surface area (Å²) in [7, 11) is -3.60. The van der Waals surface area contributed by atoms with Crippen molar-refractivity contribution in [1.29, 1.82) is 0 Å². The Balaban J connectivity index is 1.77. The average Bonchev–Trinajstić information content (AvgIpc) is 2.99. The Hall–Kier alpha value is -2.31. The van der Waals surface area contributed by atoms with E-state index in [0.717, 1.165) is 11.3 Å². The maximum Gasteiger partial charge on any atom is 0.307 e. The topological polar surface area (TPSA) is 163 Å². The molecular weight excluding hydrogens is 344 g/mol. The van der Waals surface area contributed by atoms with Gasteiger partial charge in [0, 0.05) is 6.54 Å². The number of aromatic nitrogens is 3. The molecule has 10 nitrogen and oxygen atoms in total. The van der Waals surface area contributed by atoms with Gasteiger partial charge in [-0.05, 0) is 11.4 Å². The second-order valence-corrected chi connectivity index (χ2v) is 7.15. The van der Waals surface area contributed by atoms with Crippen LogP contribution in [0.2, 0.25) is 0 Å². The number of anilines is 2. The van der Waals surface area contributed by atoms with E-state index >= 15 is 0 Å². The third kappa shape index (κ3) is 5.12. The minimum absolute atomic E-state index is 0.0766. The summed E-state index contributed by atoms with van der Waals surface area (Å²) < 4.78 is 31.0. The van der Waals surface area contributed by atoms with Crippen LogP contribution in [0.15, 0.2) is 21.7 Å². The fourth-order valence-electron chi connectivity index (χ4n) is 1.51. The van der Waals surface area contributed by atoms with Gasteiger partial charge in [0.25, 0.3) is 0 Å². The van der Waals surface area contributed by atoms with Gasteiger partial charge >= 0.3 is 5.97 Å². The van der Waals surface area contributed by atoms with Gasteiger partial charge in [-0.15, -0.1) is 11.3 Å². The number of nitrogens with zero attached hydrogens (tertiary/aromatic N) is 3. The van der Waals surface area contributed by atoms with Gasteiger partial charge in [-0.25, -0.2) is 13.1 Å². The number of carbonyl (C=O) groups excluding carboxylic acids is 1. The number of hydrogen-bond donors (Lipinski definition) is 3. The predicted molar refractivity (Wildman–Crippen MR) is 82.6 cm³/mol. The van der Waals surface area contributed by atoms with Gasteiger partial charge in [0.2, 0.25) is 21.9 Å². The Kier molecular flexibility index (Phi) is 5.41. The van der Waals surface area contributed by atoms with Gasteiger partial charge in [-0.3, -0.25) is 4.79 Å². The van der Waals surface area contributed by atoms with Crippen molar-refractivity contribution in [3.63, 3.8) is 0 Å². The quantitative estimate of drug-likeness (QED) is 0.554. The largest absolute Gasteiger partial charge is 0.457 e. The van der Waals surface area contributed by atoms with Gasteiger partial charge in [0.15, 0.2) is 12.4 Å². The Labute approximate surface area is 136 Å². The number of esters is 1. The summed E-state index contributed by atoms with van der Waals surface area (Å²) in [5, 5.41) is 1.65. The lowest BCUT2D eigenvalue weighted by Crippen LogP contribution is -2.26. The zero-order valence-corrected chi connectivity index (χ0v) is 13.4. The SMILES string of the molecule is Nc1nc(N)nc(COC(=O)CCNS(=O)(=O)c2cccs2)n1. The van der Waals surface area contributed by atoms with Crippen LogP contribution in [0.4, 0.5) is 11.9 Å². The summed E-state index contributed by atoms with van der Waals surface area (Å²) in [5.74, 6) is -0.654. The van der Waals surface area contributed by atoms with Gasteiger partial charge in [0.05, 0.1) is 6.42 Å². The van der Waals surface area contributed by atoms with Crippen LogP contribution in [0, 0.1) is 0 Å². The minimum atomic E-state index is -3.60. The summed E-state index contributed by atoms with van der Waals surface area (Å²) in [4.78, 5) is 22.6. The van der Waals surface area contributed by atoms with E-state index in [0.29, 0.717) is 0 Å². The fraction of sp³-hybridized carbons (Fsp3) is 0.273. The number of nitrogen functional groups attached to an aromatic ring is 2. The highest BCUT2D eigenvalue weighted by Crippen LogP contribution is 2.15. The number of nitrogens with two attached hydrogens (primary N) is 2. The maximum absolute atomic E-state index is 11.8. The standard InChI is InChI=1S/C11H14N6O4S2/c12-10-15-7(16-11(13)17-10)6-21-8(18)3-4-14-23(19,20)9-2-1-5-22-9/h1-2,5,14H,3-4,6H2,(H4,12,13,15,16,17). The summed E-state index contributed by atoms with van der Waals surface area (Å²) in [5.41, 5.74) is 10.8. The van der Waals surface area contributed by atoms with Crippen LogP contribution >= 0.6 is 11.3 Å². The Morgan fingerprint density at radius 1 is 1.26 bits per heavy atom. The van der Waals surface area contributed by atoms with Crippen LogP contribution < -0.4 is 16.2 Å². The lowest BCUT2D eigenvalue weighted by molar-refractivity contribution is -0.145. The van der Waals surface area contributed by atoms with Gasteiger partial charge in [-0.1, -0.05) is 6.07 Å². The fourth-order valence-corrected chi connectivity index (χ4v) is 3.58. The van der Waals surface area contributed by atoms with Crippen LogP contribution in [0.3, 0.4) is 0 Å². The molecule has 0 aliphatic heterocycles. The molecule has 0 aliphatic rings. The Bertz CT molecular complexity index is 758. The minimum Gasteiger partial charge on any atom is -0.457 e. The molecule has 0 aliphatic carbocycles. The molecule has 2 aromatic heterocycles. The van der Waals surface area contributed by atoms with Crippen molar-refractivity contribution in [3.8, 4) is 0 Å². The highest BCUT2D eigenvalue weighted by molar-refractivity contribution is 7.91. The molecule has 12 heteroatoms. The average molecular weight is 358 g/mol. The van der Waals surface area contributed by atoms with Gasteiger partial charge in [0.1, 0.15) is 4.21 Å². The lowest BCUT2D eigenvalue weighted by atomic mass is 10.4. The van der Waals surface area contributed by atoms with E-state index in [1.807, 2.05) is 0 Å². The van der Waals surface area contributed by atoms with Crippen molar-refractivity contribution in [2.75, 3.05) is 18.0 Å². The molecule has 0 fully saturated rings. The van der Waals surface area contributed by atoms with E-state index in [9.17, 15) is 13.2 Å². The molecule has 0 radical (unpaired) electrons. The Morgan fingerprint density at radius 2 is 1.96 bits per heavy atom. The molecule has 124 valence electrons. The molecule has 2 heterocycles. The van der Waals surface area contributed by atoms with Crippen molar-refractivity contribution in [3.05, 3.63) is 23.3 Å². The smallest absolute Gasteiger partial charge is 0.307 e. The first-order chi connectivity index (χ1) is 10.9. The number of nitrogens with one attached hydrogen (secondary N) is 1. The molecule has 0 unspecified atom stereocenters. The van der Waals surface area contributed by atoms with Crippen LogP contribution in [0.5, 0.6) is 0 Å². The molecule has 23 heavy (non-hydrogen) atoms. The molecule has 0 aromatic carbocycles. The van der Waals surface area contributed by atoms with Crippen molar-refractivity contribution >= 4 is 39.2 Å². The van der Waals surface area contributed by atoms with Crippen molar-refractivity contribution in [1.82, 2.24) is 19.7 Å². The van der Waals surface area contributed by atoms with Crippen molar-refractivity contribution in [2.45, 2.75) is 17.2 Å². The highest BCUT2D eigenvalue weighted by atomic mass is 32.2. The highest BCUT2D eigenvalue weighted by Gasteiger charge is 2.15. The third-order valence-corrected chi connectivity index (χ3v) is 5.32. The van der Waals surface area contributed by atoms with Gasteiger partial charge < -0.3 is 16.2 Å². The second kappa shape index (κ2) is 7.30. The summed E-state index contributed by atoms with van der Waals surface area (Å²) in [6, 6.07) is 3.10. The predicted octanol–water partition coefficient (Wildman–Crippen LogP) is -0.491. The molecule has 0 spiro atoms. The number of rotatable bonds is 7. The number of sulfonamides is 1. The molecular formula is C11H14N6O4S2. The first-order valence-electron chi connectivity index (χ1n) is 6.31. The molecule has 2 rings (SSSR count).